The van der Waals surface area contributed by atoms with Gasteiger partial charge in [-0.15, -0.1) is 6.58 Å². The van der Waals surface area contributed by atoms with Crippen LogP contribution in [0, 0.1) is 5.92 Å². The van der Waals surface area contributed by atoms with Crippen LogP contribution in [0.2, 0.25) is 0 Å². The standard InChI is InChI=1S/C15H24N2O2/c1-5-7-11(4)17-13(10(2)3)15(19)16-9-6-8-12(16)14(17)18/h5,10-13H,1,6-9H2,2-4H3. The summed E-state index contributed by atoms with van der Waals surface area (Å²) < 4.78 is 0. The molecule has 106 valence electrons. The number of nitrogens with zero attached hydrogens (tertiary/aromatic N) is 2. The minimum absolute atomic E-state index is 0.0455. The topological polar surface area (TPSA) is 40.6 Å². The molecule has 0 bridgehead atoms. The molecule has 0 aromatic carbocycles. The Labute approximate surface area is 115 Å². The lowest BCUT2D eigenvalue weighted by Gasteiger charge is -2.46. The van der Waals surface area contributed by atoms with Gasteiger partial charge in [0.05, 0.1) is 0 Å². The number of hydrogen-bond donors (Lipinski definition) is 0. The SMILES string of the molecule is C=CCC(C)N1C(=O)C2CCCN2C(=O)C1C(C)C. The zero-order chi connectivity index (χ0) is 14.2. The minimum atomic E-state index is -0.309. The number of piperazine rings is 1. The molecule has 0 aromatic rings. The predicted molar refractivity (Wildman–Crippen MR) is 74.5 cm³/mol. The van der Waals surface area contributed by atoms with Crippen LogP contribution in [0.1, 0.15) is 40.0 Å². The van der Waals surface area contributed by atoms with Crippen molar-refractivity contribution >= 4 is 11.8 Å². The van der Waals surface area contributed by atoms with Crippen molar-refractivity contribution in [3.05, 3.63) is 12.7 Å². The lowest BCUT2D eigenvalue weighted by molar-refractivity contribution is -0.163. The van der Waals surface area contributed by atoms with Gasteiger partial charge in [0.2, 0.25) is 11.8 Å². The van der Waals surface area contributed by atoms with Crippen LogP contribution in [0.4, 0.5) is 0 Å². The van der Waals surface area contributed by atoms with E-state index >= 15 is 0 Å². The summed E-state index contributed by atoms with van der Waals surface area (Å²) in [5.74, 6) is 0.406. The van der Waals surface area contributed by atoms with E-state index in [4.69, 9.17) is 0 Å². The van der Waals surface area contributed by atoms with Crippen molar-refractivity contribution in [1.29, 1.82) is 0 Å². The molecule has 2 saturated heterocycles. The average molecular weight is 264 g/mol. The summed E-state index contributed by atoms with van der Waals surface area (Å²) in [7, 11) is 0. The highest BCUT2D eigenvalue weighted by Crippen LogP contribution is 2.31. The van der Waals surface area contributed by atoms with E-state index < -0.39 is 0 Å². The Morgan fingerprint density at radius 3 is 2.58 bits per heavy atom. The van der Waals surface area contributed by atoms with E-state index in [0.717, 1.165) is 25.8 Å². The summed E-state index contributed by atoms with van der Waals surface area (Å²) in [5.41, 5.74) is 0. The van der Waals surface area contributed by atoms with Gasteiger partial charge in [0.25, 0.3) is 0 Å². The van der Waals surface area contributed by atoms with Gasteiger partial charge < -0.3 is 9.80 Å². The zero-order valence-corrected chi connectivity index (χ0v) is 12.1. The summed E-state index contributed by atoms with van der Waals surface area (Å²) in [6.45, 7) is 10.5. The molecule has 2 aliphatic heterocycles. The van der Waals surface area contributed by atoms with Crippen molar-refractivity contribution in [2.75, 3.05) is 6.54 Å². The molecule has 0 aliphatic carbocycles. The summed E-state index contributed by atoms with van der Waals surface area (Å²) in [6.07, 6.45) is 4.30. The molecule has 0 spiro atoms. The van der Waals surface area contributed by atoms with Gasteiger partial charge in [-0.1, -0.05) is 19.9 Å². The van der Waals surface area contributed by atoms with E-state index in [1.807, 2.05) is 31.7 Å². The second-order valence-electron chi connectivity index (χ2n) is 6.00. The fourth-order valence-corrected chi connectivity index (χ4v) is 3.34. The summed E-state index contributed by atoms with van der Waals surface area (Å²) in [6, 6.07) is -0.476. The fourth-order valence-electron chi connectivity index (χ4n) is 3.34. The van der Waals surface area contributed by atoms with Gasteiger partial charge >= 0.3 is 0 Å². The molecule has 2 heterocycles. The first kappa shape index (κ1) is 14.1. The maximum atomic E-state index is 12.7. The first-order valence-corrected chi connectivity index (χ1v) is 7.22. The molecular formula is C15H24N2O2. The van der Waals surface area contributed by atoms with E-state index in [-0.39, 0.29) is 35.9 Å². The lowest BCUT2D eigenvalue weighted by Crippen LogP contribution is -2.66. The Bertz CT molecular complexity index is 392. The first-order chi connectivity index (χ1) is 8.99. The number of carbonyl (C=O) groups is 2. The summed E-state index contributed by atoms with van der Waals surface area (Å²) in [5, 5.41) is 0. The van der Waals surface area contributed by atoms with Crippen LogP contribution in [-0.4, -0.2) is 46.3 Å². The maximum absolute atomic E-state index is 12.7. The Hall–Kier alpha value is -1.32. The van der Waals surface area contributed by atoms with Crippen LogP contribution >= 0.6 is 0 Å². The first-order valence-electron chi connectivity index (χ1n) is 7.22. The molecule has 3 atom stereocenters. The minimum Gasteiger partial charge on any atom is -0.329 e. The molecule has 0 saturated carbocycles. The third-order valence-corrected chi connectivity index (χ3v) is 4.24. The van der Waals surface area contributed by atoms with Crippen molar-refractivity contribution in [3.8, 4) is 0 Å². The number of hydrogen-bond acceptors (Lipinski definition) is 2. The molecule has 2 fully saturated rings. The lowest BCUT2D eigenvalue weighted by atomic mass is 9.93. The highest BCUT2D eigenvalue weighted by Gasteiger charge is 2.49. The van der Waals surface area contributed by atoms with Crippen molar-refractivity contribution < 1.29 is 9.59 Å². The van der Waals surface area contributed by atoms with E-state index in [1.54, 1.807) is 4.90 Å². The number of amides is 2. The summed E-state index contributed by atoms with van der Waals surface area (Å²) >= 11 is 0. The number of fused-ring (bicyclic) bond motifs is 1. The maximum Gasteiger partial charge on any atom is 0.246 e. The quantitative estimate of drug-likeness (QED) is 0.727. The molecule has 0 N–H and O–H groups in total. The molecule has 4 heteroatoms. The van der Waals surface area contributed by atoms with Gasteiger partial charge in [-0.2, -0.15) is 0 Å². The van der Waals surface area contributed by atoms with E-state index in [0.29, 0.717) is 0 Å². The molecular weight excluding hydrogens is 240 g/mol. The average Bonchev–Trinajstić information content (AvgIpc) is 2.82. The van der Waals surface area contributed by atoms with E-state index in [9.17, 15) is 9.59 Å². The Kier molecular flexibility index (Phi) is 3.97. The molecule has 2 amide bonds. The molecule has 4 nitrogen and oxygen atoms in total. The second kappa shape index (κ2) is 5.35. The van der Waals surface area contributed by atoms with E-state index in [1.165, 1.54) is 0 Å². The fraction of sp³-hybridized carbons (Fsp3) is 0.733. The zero-order valence-electron chi connectivity index (χ0n) is 12.1. The van der Waals surface area contributed by atoms with Gasteiger partial charge in [0, 0.05) is 12.6 Å². The smallest absolute Gasteiger partial charge is 0.246 e. The van der Waals surface area contributed by atoms with Crippen molar-refractivity contribution in [2.24, 2.45) is 5.92 Å². The van der Waals surface area contributed by atoms with Crippen LogP contribution in [0.15, 0.2) is 12.7 Å². The highest BCUT2D eigenvalue weighted by molar-refractivity contribution is 5.97. The van der Waals surface area contributed by atoms with Crippen LogP contribution in [0.25, 0.3) is 0 Å². The molecule has 0 aromatic heterocycles. The number of carbonyl (C=O) groups excluding carboxylic acids is 2. The van der Waals surface area contributed by atoms with Gasteiger partial charge in [0.15, 0.2) is 0 Å². The molecule has 2 aliphatic rings. The van der Waals surface area contributed by atoms with Crippen LogP contribution < -0.4 is 0 Å². The van der Waals surface area contributed by atoms with Crippen LogP contribution in [-0.2, 0) is 9.59 Å². The molecule has 0 radical (unpaired) electrons. The monoisotopic (exact) mass is 264 g/mol. The third-order valence-electron chi connectivity index (χ3n) is 4.24. The van der Waals surface area contributed by atoms with Crippen LogP contribution in [0.5, 0.6) is 0 Å². The van der Waals surface area contributed by atoms with Crippen molar-refractivity contribution in [2.45, 2.75) is 58.2 Å². The van der Waals surface area contributed by atoms with Gasteiger partial charge in [-0.3, -0.25) is 9.59 Å². The largest absolute Gasteiger partial charge is 0.329 e. The Morgan fingerprint density at radius 1 is 1.32 bits per heavy atom. The van der Waals surface area contributed by atoms with Gasteiger partial charge in [-0.25, -0.2) is 0 Å². The van der Waals surface area contributed by atoms with Gasteiger partial charge in [-0.05, 0) is 32.1 Å². The number of rotatable bonds is 4. The Balaban J connectivity index is 2.33. The van der Waals surface area contributed by atoms with Crippen molar-refractivity contribution in [1.82, 2.24) is 9.80 Å². The predicted octanol–water partition coefficient (Wildman–Crippen LogP) is 1.81. The van der Waals surface area contributed by atoms with Crippen molar-refractivity contribution in [3.63, 3.8) is 0 Å². The van der Waals surface area contributed by atoms with Gasteiger partial charge in [0.1, 0.15) is 12.1 Å². The Morgan fingerprint density at radius 2 is 2.00 bits per heavy atom. The molecule has 2 rings (SSSR count). The molecule has 19 heavy (non-hydrogen) atoms. The van der Waals surface area contributed by atoms with Crippen LogP contribution in [0.3, 0.4) is 0 Å². The highest BCUT2D eigenvalue weighted by atomic mass is 16.2. The normalized spacial score (nSPS) is 28.8. The summed E-state index contributed by atoms with van der Waals surface area (Å²) in [4.78, 5) is 28.9. The van der Waals surface area contributed by atoms with E-state index in [2.05, 4.69) is 6.58 Å². The molecule has 3 unspecified atom stereocenters. The third kappa shape index (κ3) is 2.28. The second-order valence-corrected chi connectivity index (χ2v) is 6.00.